The molecule has 3 aromatic rings. The average Bonchev–Trinajstić information content (AvgIpc) is 3.27. The number of fused-ring (bicyclic) bond motifs is 4. The van der Waals surface area contributed by atoms with Gasteiger partial charge in [-0.25, -0.2) is 4.79 Å². The van der Waals surface area contributed by atoms with Gasteiger partial charge in [-0.3, -0.25) is 0 Å². The van der Waals surface area contributed by atoms with Gasteiger partial charge < -0.3 is 4.74 Å². The van der Waals surface area contributed by atoms with Gasteiger partial charge in [0.1, 0.15) is 0 Å². The van der Waals surface area contributed by atoms with Gasteiger partial charge >= 0.3 is 5.97 Å². The second kappa shape index (κ2) is 5.73. The Hall–Kier alpha value is -2.61. The number of hydrogen-bond acceptors (Lipinski definition) is 2. The van der Waals surface area contributed by atoms with E-state index in [9.17, 15) is 4.79 Å². The number of esters is 1. The molecule has 124 valence electrons. The summed E-state index contributed by atoms with van der Waals surface area (Å²) in [6, 6.07) is 18.3. The summed E-state index contributed by atoms with van der Waals surface area (Å²) in [4.78, 5) is 13.0. The zero-order valence-corrected chi connectivity index (χ0v) is 14.0. The van der Waals surface area contributed by atoms with Gasteiger partial charge in [0.15, 0.2) is 0 Å². The maximum atomic E-state index is 13.0. The predicted molar refractivity (Wildman–Crippen MR) is 101 cm³/mol. The van der Waals surface area contributed by atoms with Crippen LogP contribution >= 0.6 is 0 Å². The smallest absolute Gasteiger partial charge is 0.339 e. The van der Waals surface area contributed by atoms with E-state index in [0.717, 1.165) is 28.0 Å². The molecule has 3 unspecified atom stereocenters. The van der Waals surface area contributed by atoms with Crippen molar-refractivity contribution in [2.45, 2.75) is 12.8 Å². The van der Waals surface area contributed by atoms with Crippen molar-refractivity contribution in [2.75, 3.05) is 6.61 Å². The predicted octanol–water partition coefficient (Wildman–Crippen LogP) is 5.36. The Morgan fingerprint density at radius 1 is 0.920 bits per heavy atom. The molecule has 2 nitrogen and oxygen atoms in total. The first kappa shape index (κ1) is 14.7. The molecule has 1 fully saturated rings. The Morgan fingerprint density at radius 2 is 1.60 bits per heavy atom. The summed E-state index contributed by atoms with van der Waals surface area (Å²) in [7, 11) is 0. The van der Waals surface area contributed by atoms with Gasteiger partial charge in [-0.2, -0.15) is 0 Å². The Labute approximate surface area is 147 Å². The molecule has 0 N–H and O–H groups in total. The molecular weight excluding hydrogens is 308 g/mol. The minimum absolute atomic E-state index is 0.195. The zero-order valence-electron chi connectivity index (χ0n) is 14.0. The van der Waals surface area contributed by atoms with E-state index >= 15 is 0 Å². The fraction of sp³-hybridized carbons (Fsp3) is 0.261. The van der Waals surface area contributed by atoms with E-state index in [4.69, 9.17) is 4.74 Å². The lowest BCUT2D eigenvalue weighted by atomic mass is 9.94. The lowest BCUT2D eigenvalue weighted by molar-refractivity contribution is 0.0425. The molecule has 0 amide bonds. The number of benzene rings is 3. The van der Waals surface area contributed by atoms with Crippen LogP contribution in [0.3, 0.4) is 0 Å². The van der Waals surface area contributed by atoms with Gasteiger partial charge in [0, 0.05) is 0 Å². The molecule has 0 radical (unpaired) electrons. The van der Waals surface area contributed by atoms with Crippen molar-refractivity contribution in [2.24, 2.45) is 17.8 Å². The van der Waals surface area contributed by atoms with Crippen LogP contribution in [0.5, 0.6) is 0 Å². The van der Waals surface area contributed by atoms with Crippen molar-refractivity contribution >= 4 is 27.5 Å². The number of hydrogen-bond donors (Lipinski definition) is 0. The van der Waals surface area contributed by atoms with Crippen molar-refractivity contribution in [3.63, 3.8) is 0 Å². The maximum Gasteiger partial charge on any atom is 0.339 e. The highest BCUT2D eigenvalue weighted by Crippen LogP contribution is 2.43. The Balaban J connectivity index is 1.51. The van der Waals surface area contributed by atoms with Crippen LogP contribution < -0.4 is 0 Å². The molecule has 25 heavy (non-hydrogen) atoms. The number of rotatable bonds is 3. The molecule has 0 spiro atoms. The van der Waals surface area contributed by atoms with Crippen LogP contribution in [-0.2, 0) is 4.74 Å². The second-order valence-electron chi connectivity index (χ2n) is 7.33. The second-order valence-corrected chi connectivity index (χ2v) is 7.33. The number of carbonyl (C=O) groups is 1. The molecule has 0 heterocycles. The van der Waals surface area contributed by atoms with Crippen molar-refractivity contribution in [1.29, 1.82) is 0 Å². The number of allylic oxidation sites excluding steroid dienone is 2. The van der Waals surface area contributed by atoms with Gasteiger partial charge in [-0.1, -0.05) is 60.7 Å². The Morgan fingerprint density at radius 3 is 2.20 bits per heavy atom. The third-order valence-corrected chi connectivity index (χ3v) is 5.82. The summed E-state index contributed by atoms with van der Waals surface area (Å²) >= 11 is 0. The molecule has 1 saturated carbocycles. The Bertz CT molecular complexity index is 947. The normalized spacial score (nSPS) is 24.2. The van der Waals surface area contributed by atoms with Crippen LogP contribution in [0.1, 0.15) is 23.2 Å². The fourth-order valence-corrected chi connectivity index (χ4v) is 4.57. The monoisotopic (exact) mass is 328 g/mol. The number of ether oxygens (including phenoxy) is 1. The third-order valence-electron chi connectivity index (χ3n) is 5.82. The van der Waals surface area contributed by atoms with E-state index in [1.807, 2.05) is 36.4 Å². The first-order chi connectivity index (χ1) is 12.3. The van der Waals surface area contributed by atoms with E-state index in [1.54, 1.807) is 0 Å². The van der Waals surface area contributed by atoms with Crippen molar-refractivity contribution in [1.82, 2.24) is 0 Å². The maximum absolute atomic E-state index is 13.0. The molecule has 0 aromatic heterocycles. The average molecular weight is 328 g/mol. The van der Waals surface area contributed by atoms with Gasteiger partial charge in [0.05, 0.1) is 12.2 Å². The molecular formula is C23H20O2. The van der Waals surface area contributed by atoms with E-state index in [1.165, 1.54) is 6.42 Å². The number of carbonyl (C=O) groups excluding carboxylic acids is 1. The highest BCUT2D eigenvalue weighted by molar-refractivity contribution is 6.16. The van der Waals surface area contributed by atoms with Gasteiger partial charge in [-0.15, -0.1) is 0 Å². The highest BCUT2D eigenvalue weighted by Gasteiger charge is 2.36. The molecule has 2 aliphatic carbocycles. The summed E-state index contributed by atoms with van der Waals surface area (Å²) in [5.41, 5.74) is 0.701. The minimum atomic E-state index is -0.195. The van der Waals surface area contributed by atoms with Crippen LogP contribution in [-0.4, -0.2) is 12.6 Å². The third kappa shape index (κ3) is 2.44. The van der Waals surface area contributed by atoms with Gasteiger partial charge in [-0.05, 0) is 58.2 Å². The highest BCUT2D eigenvalue weighted by atomic mass is 16.5. The first-order valence-corrected chi connectivity index (χ1v) is 9.05. The van der Waals surface area contributed by atoms with Crippen molar-refractivity contribution in [3.05, 3.63) is 72.3 Å². The SMILES string of the molecule is O=C(OCC1CC2C=CC1C2)c1c2ccccc2cc2ccccc12. The standard InChI is InChI=1S/C23H20O2/c24-23(25-14-19-12-15-9-10-16(19)11-15)22-20-7-3-1-5-17(20)13-18-6-2-4-8-21(18)22/h1-10,13,15-16,19H,11-12,14H2. The summed E-state index contributed by atoms with van der Waals surface area (Å²) in [6.45, 7) is 0.530. The topological polar surface area (TPSA) is 26.3 Å². The molecule has 2 aliphatic rings. The quantitative estimate of drug-likeness (QED) is 0.367. The first-order valence-electron chi connectivity index (χ1n) is 9.05. The Kier molecular flexibility index (Phi) is 3.37. The molecule has 2 heteroatoms. The molecule has 0 saturated heterocycles. The fourth-order valence-electron chi connectivity index (χ4n) is 4.57. The molecule has 0 aliphatic heterocycles. The van der Waals surface area contributed by atoms with E-state index < -0.39 is 0 Å². The molecule has 5 rings (SSSR count). The summed E-state index contributed by atoms with van der Waals surface area (Å²) in [5, 5.41) is 4.10. The van der Waals surface area contributed by atoms with E-state index in [0.29, 0.717) is 29.9 Å². The van der Waals surface area contributed by atoms with Crippen LogP contribution in [0.25, 0.3) is 21.5 Å². The van der Waals surface area contributed by atoms with Crippen LogP contribution in [0.4, 0.5) is 0 Å². The summed E-state index contributed by atoms with van der Waals surface area (Å²) in [6.07, 6.45) is 7.02. The van der Waals surface area contributed by atoms with E-state index in [-0.39, 0.29) is 5.97 Å². The van der Waals surface area contributed by atoms with Gasteiger partial charge in [0.2, 0.25) is 0 Å². The molecule has 3 atom stereocenters. The minimum Gasteiger partial charge on any atom is -0.462 e. The van der Waals surface area contributed by atoms with Crippen LogP contribution in [0, 0.1) is 17.8 Å². The van der Waals surface area contributed by atoms with Gasteiger partial charge in [0.25, 0.3) is 0 Å². The van der Waals surface area contributed by atoms with Crippen molar-refractivity contribution in [3.8, 4) is 0 Å². The molecule has 2 bridgehead atoms. The van der Waals surface area contributed by atoms with Crippen LogP contribution in [0.15, 0.2) is 66.7 Å². The lowest BCUT2D eigenvalue weighted by Crippen LogP contribution is -2.18. The molecule has 3 aromatic carbocycles. The van der Waals surface area contributed by atoms with E-state index in [2.05, 4.69) is 30.4 Å². The van der Waals surface area contributed by atoms with Crippen LogP contribution in [0.2, 0.25) is 0 Å². The summed E-state index contributed by atoms with van der Waals surface area (Å²) < 4.78 is 5.81. The summed E-state index contributed by atoms with van der Waals surface area (Å²) in [5.74, 6) is 1.59. The lowest BCUT2D eigenvalue weighted by Gasteiger charge is -2.18. The van der Waals surface area contributed by atoms with Crippen molar-refractivity contribution < 1.29 is 9.53 Å². The largest absolute Gasteiger partial charge is 0.462 e. The zero-order chi connectivity index (χ0) is 16.8.